The molecular formula is C7H12O3. The molecule has 0 spiro atoms. The topological polar surface area (TPSA) is 46.5 Å². The zero-order chi connectivity index (χ0) is 7.82. The number of esters is 1. The largest absolute Gasteiger partial charge is 0.462 e. The van der Waals surface area contributed by atoms with Gasteiger partial charge in [-0.15, -0.1) is 0 Å². The lowest BCUT2D eigenvalue weighted by atomic mass is 10.4. The Morgan fingerprint density at radius 1 is 1.60 bits per heavy atom. The molecule has 0 saturated carbocycles. The average Bonchev–Trinajstić information content (AvgIpc) is 1.87. The van der Waals surface area contributed by atoms with Crippen molar-refractivity contribution in [2.45, 2.75) is 13.3 Å². The maximum atomic E-state index is 10.2. The third-order valence-corrected chi connectivity index (χ3v) is 0.845. The van der Waals surface area contributed by atoms with Crippen LogP contribution in [0.2, 0.25) is 0 Å². The first kappa shape index (κ1) is 9.17. The summed E-state index contributed by atoms with van der Waals surface area (Å²) in [6.07, 6.45) is 4.09. The van der Waals surface area contributed by atoms with Gasteiger partial charge in [0, 0.05) is 13.5 Å². The van der Waals surface area contributed by atoms with Crippen LogP contribution < -0.4 is 0 Å². The predicted molar refractivity (Wildman–Crippen MR) is 37.5 cm³/mol. The number of ether oxygens (including phenoxy) is 1. The molecule has 0 amide bonds. The Labute approximate surface area is 60.3 Å². The standard InChI is InChI=1S/C7H12O3/c1-7(9)10-6-4-2-3-5-8/h2,4,8H,3,5-6H2,1H3/b4-2+. The van der Waals surface area contributed by atoms with Gasteiger partial charge in [0.25, 0.3) is 0 Å². The molecular weight excluding hydrogens is 132 g/mol. The van der Waals surface area contributed by atoms with E-state index in [0.29, 0.717) is 13.0 Å². The smallest absolute Gasteiger partial charge is 0.302 e. The lowest BCUT2D eigenvalue weighted by Crippen LogP contribution is -1.97. The Hall–Kier alpha value is -0.830. The van der Waals surface area contributed by atoms with Crippen molar-refractivity contribution < 1.29 is 14.6 Å². The molecule has 0 heterocycles. The van der Waals surface area contributed by atoms with Crippen LogP contribution in [0.25, 0.3) is 0 Å². The predicted octanol–water partition coefficient (Wildman–Crippen LogP) is 0.488. The van der Waals surface area contributed by atoms with Gasteiger partial charge in [-0.3, -0.25) is 4.79 Å². The first-order valence-corrected chi connectivity index (χ1v) is 3.16. The molecule has 10 heavy (non-hydrogen) atoms. The highest BCUT2D eigenvalue weighted by molar-refractivity contribution is 5.65. The molecule has 0 aromatic carbocycles. The van der Waals surface area contributed by atoms with Crippen molar-refractivity contribution in [3.8, 4) is 0 Å². The van der Waals surface area contributed by atoms with Gasteiger partial charge in [0.2, 0.25) is 0 Å². The van der Waals surface area contributed by atoms with Crippen LogP contribution in [0.5, 0.6) is 0 Å². The summed E-state index contributed by atoms with van der Waals surface area (Å²) in [5.41, 5.74) is 0. The van der Waals surface area contributed by atoms with E-state index in [0.717, 1.165) is 0 Å². The van der Waals surface area contributed by atoms with Crippen molar-refractivity contribution in [2.24, 2.45) is 0 Å². The Morgan fingerprint density at radius 2 is 2.30 bits per heavy atom. The van der Waals surface area contributed by atoms with E-state index >= 15 is 0 Å². The van der Waals surface area contributed by atoms with Gasteiger partial charge in [-0.2, -0.15) is 0 Å². The molecule has 0 radical (unpaired) electrons. The molecule has 0 aromatic heterocycles. The fourth-order valence-corrected chi connectivity index (χ4v) is 0.426. The van der Waals surface area contributed by atoms with E-state index < -0.39 is 0 Å². The summed E-state index contributed by atoms with van der Waals surface area (Å²) in [6, 6.07) is 0. The molecule has 0 fully saturated rings. The van der Waals surface area contributed by atoms with Gasteiger partial charge in [-0.05, 0) is 6.42 Å². The minimum atomic E-state index is -0.284. The number of carbonyl (C=O) groups is 1. The summed E-state index contributed by atoms with van der Waals surface area (Å²) in [4.78, 5) is 10.2. The minimum absolute atomic E-state index is 0.135. The maximum Gasteiger partial charge on any atom is 0.302 e. The highest BCUT2D eigenvalue weighted by atomic mass is 16.5. The van der Waals surface area contributed by atoms with Crippen LogP contribution >= 0.6 is 0 Å². The van der Waals surface area contributed by atoms with Crippen molar-refractivity contribution in [3.05, 3.63) is 12.2 Å². The first-order chi connectivity index (χ1) is 4.77. The summed E-state index contributed by atoms with van der Waals surface area (Å²) in [6.45, 7) is 1.80. The van der Waals surface area contributed by atoms with Crippen LogP contribution in [-0.4, -0.2) is 24.3 Å². The molecule has 0 rings (SSSR count). The van der Waals surface area contributed by atoms with Crippen LogP contribution in [-0.2, 0) is 9.53 Å². The van der Waals surface area contributed by atoms with Crippen molar-refractivity contribution in [2.75, 3.05) is 13.2 Å². The lowest BCUT2D eigenvalue weighted by Gasteiger charge is -1.93. The number of carbonyl (C=O) groups excluding carboxylic acids is 1. The van der Waals surface area contributed by atoms with Crippen LogP contribution in [0, 0.1) is 0 Å². The first-order valence-electron chi connectivity index (χ1n) is 3.16. The summed E-state index contributed by atoms with van der Waals surface area (Å²) < 4.78 is 4.58. The van der Waals surface area contributed by atoms with E-state index in [2.05, 4.69) is 4.74 Å². The number of rotatable bonds is 4. The van der Waals surface area contributed by atoms with E-state index in [1.165, 1.54) is 6.92 Å². The summed E-state index contributed by atoms with van der Waals surface area (Å²) >= 11 is 0. The van der Waals surface area contributed by atoms with Gasteiger partial charge in [0.15, 0.2) is 0 Å². The third kappa shape index (κ3) is 7.17. The average molecular weight is 144 g/mol. The van der Waals surface area contributed by atoms with Gasteiger partial charge < -0.3 is 9.84 Å². The Balaban J connectivity index is 3.10. The SMILES string of the molecule is CC(=O)OC/C=C/CCO. The van der Waals surface area contributed by atoms with E-state index in [1.54, 1.807) is 12.2 Å². The second-order valence-electron chi connectivity index (χ2n) is 1.79. The molecule has 0 saturated heterocycles. The molecule has 58 valence electrons. The van der Waals surface area contributed by atoms with Crippen molar-refractivity contribution in [1.29, 1.82) is 0 Å². The number of hydrogen-bond donors (Lipinski definition) is 1. The Morgan fingerprint density at radius 3 is 2.80 bits per heavy atom. The van der Waals surface area contributed by atoms with E-state index in [-0.39, 0.29) is 12.6 Å². The van der Waals surface area contributed by atoms with Crippen LogP contribution in [0.1, 0.15) is 13.3 Å². The van der Waals surface area contributed by atoms with Crippen LogP contribution in [0.15, 0.2) is 12.2 Å². The second-order valence-corrected chi connectivity index (χ2v) is 1.79. The van der Waals surface area contributed by atoms with Crippen molar-refractivity contribution >= 4 is 5.97 Å². The zero-order valence-electron chi connectivity index (χ0n) is 6.04. The Bertz CT molecular complexity index is 118. The summed E-state index contributed by atoms with van der Waals surface area (Å²) in [7, 11) is 0. The summed E-state index contributed by atoms with van der Waals surface area (Å²) in [5.74, 6) is -0.284. The van der Waals surface area contributed by atoms with E-state index in [9.17, 15) is 4.79 Å². The molecule has 0 aliphatic rings. The normalized spacial score (nSPS) is 10.2. The van der Waals surface area contributed by atoms with E-state index in [1.807, 2.05) is 0 Å². The zero-order valence-corrected chi connectivity index (χ0v) is 6.04. The highest BCUT2D eigenvalue weighted by Crippen LogP contribution is 1.82. The lowest BCUT2D eigenvalue weighted by molar-refractivity contribution is -0.139. The molecule has 3 nitrogen and oxygen atoms in total. The number of aliphatic hydroxyl groups excluding tert-OH is 1. The molecule has 3 heteroatoms. The van der Waals surface area contributed by atoms with Crippen LogP contribution in [0.3, 0.4) is 0 Å². The highest BCUT2D eigenvalue weighted by Gasteiger charge is 1.85. The Kier molecular flexibility index (Phi) is 5.77. The monoisotopic (exact) mass is 144 g/mol. The summed E-state index contributed by atoms with van der Waals surface area (Å²) in [5, 5.41) is 8.32. The van der Waals surface area contributed by atoms with Gasteiger partial charge in [0.05, 0.1) is 0 Å². The molecule has 0 unspecified atom stereocenters. The van der Waals surface area contributed by atoms with Crippen LogP contribution in [0.4, 0.5) is 0 Å². The van der Waals surface area contributed by atoms with Crippen molar-refractivity contribution in [3.63, 3.8) is 0 Å². The van der Waals surface area contributed by atoms with Gasteiger partial charge in [-0.1, -0.05) is 12.2 Å². The number of hydrogen-bond acceptors (Lipinski definition) is 3. The molecule has 0 aromatic rings. The molecule has 0 aliphatic heterocycles. The van der Waals surface area contributed by atoms with E-state index in [4.69, 9.17) is 5.11 Å². The van der Waals surface area contributed by atoms with Gasteiger partial charge in [0.1, 0.15) is 6.61 Å². The molecule has 0 bridgehead atoms. The second kappa shape index (κ2) is 6.29. The molecule has 0 atom stereocenters. The maximum absolute atomic E-state index is 10.2. The van der Waals surface area contributed by atoms with Gasteiger partial charge in [-0.25, -0.2) is 0 Å². The third-order valence-electron chi connectivity index (χ3n) is 0.845. The minimum Gasteiger partial charge on any atom is -0.462 e. The number of aliphatic hydroxyl groups is 1. The fraction of sp³-hybridized carbons (Fsp3) is 0.571. The van der Waals surface area contributed by atoms with Gasteiger partial charge >= 0.3 is 5.97 Å². The fourth-order valence-electron chi connectivity index (χ4n) is 0.426. The quantitative estimate of drug-likeness (QED) is 0.461. The molecule has 1 N–H and O–H groups in total. The van der Waals surface area contributed by atoms with Crippen molar-refractivity contribution in [1.82, 2.24) is 0 Å². The molecule has 0 aliphatic carbocycles.